The van der Waals surface area contributed by atoms with E-state index in [2.05, 4.69) is 11.0 Å². The summed E-state index contributed by atoms with van der Waals surface area (Å²) >= 11 is 0. The first-order chi connectivity index (χ1) is 13.2. The second kappa shape index (κ2) is 9.62. The van der Waals surface area contributed by atoms with Crippen molar-refractivity contribution >= 4 is 0 Å². The Labute approximate surface area is 161 Å². The highest BCUT2D eigenvalue weighted by Crippen LogP contribution is 2.34. The summed E-state index contributed by atoms with van der Waals surface area (Å²) in [6, 6.07) is 14.1. The van der Waals surface area contributed by atoms with Crippen LogP contribution in [-0.4, -0.2) is 52.0 Å². The van der Waals surface area contributed by atoms with Gasteiger partial charge in [-0.05, 0) is 42.3 Å². The van der Waals surface area contributed by atoms with Gasteiger partial charge in [-0.25, -0.2) is 0 Å². The molecule has 1 atom stereocenters. The van der Waals surface area contributed by atoms with Gasteiger partial charge in [0.05, 0.1) is 27.4 Å². The first kappa shape index (κ1) is 19.5. The van der Waals surface area contributed by atoms with E-state index in [0.29, 0.717) is 0 Å². The molecule has 1 fully saturated rings. The van der Waals surface area contributed by atoms with Crippen molar-refractivity contribution in [3.63, 3.8) is 0 Å². The van der Waals surface area contributed by atoms with Gasteiger partial charge in [0.2, 0.25) is 0 Å². The van der Waals surface area contributed by atoms with E-state index in [9.17, 15) is 0 Å². The third-order valence-corrected chi connectivity index (χ3v) is 4.87. The molecule has 5 heteroatoms. The number of hydrogen-bond acceptors (Lipinski definition) is 5. The van der Waals surface area contributed by atoms with Crippen LogP contribution < -0.4 is 14.2 Å². The minimum Gasteiger partial charge on any atom is -0.497 e. The van der Waals surface area contributed by atoms with E-state index in [0.717, 1.165) is 67.6 Å². The van der Waals surface area contributed by atoms with Crippen LogP contribution in [0.15, 0.2) is 42.5 Å². The Morgan fingerprint density at radius 3 is 2.56 bits per heavy atom. The third-order valence-electron chi connectivity index (χ3n) is 4.87. The Morgan fingerprint density at radius 2 is 1.81 bits per heavy atom. The SMILES string of the molecule is COc1cccc(C(CCN2CCOCC2)Oc2ccc(C)cc2OC)c1. The molecule has 0 amide bonds. The Morgan fingerprint density at radius 1 is 1.00 bits per heavy atom. The predicted octanol–water partition coefficient (Wildman–Crippen LogP) is 3.85. The zero-order valence-corrected chi connectivity index (χ0v) is 16.4. The van der Waals surface area contributed by atoms with Crippen molar-refractivity contribution in [2.75, 3.05) is 47.1 Å². The Balaban J connectivity index is 1.80. The number of methoxy groups -OCH3 is 2. The summed E-state index contributed by atoms with van der Waals surface area (Å²) in [5.41, 5.74) is 2.25. The highest BCUT2D eigenvalue weighted by Gasteiger charge is 2.19. The number of hydrogen-bond donors (Lipinski definition) is 0. The molecule has 1 unspecified atom stereocenters. The lowest BCUT2D eigenvalue weighted by atomic mass is 10.1. The highest BCUT2D eigenvalue weighted by atomic mass is 16.5. The van der Waals surface area contributed by atoms with Crippen LogP contribution in [0.5, 0.6) is 17.2 Å². The van der Waals surface area contributed by atoms with Crippen LogP contribution in [0, 0.1) is 6.92 Å². The van der Waals surface area contributed by atoms with Crippen LogP contribution in [0.4, 0.5) is 0 Å². The lowest BCUT2D eigenvalue weighted by Crippen LogP contribution is -2.37. The second-order valence-corrected chi connectivity index (χ2v) is 6.78. The van der Waals surface area contributed by atoms with Crippen molar-refractivity contribution < 1.29 is 18.9 Å². The number of nitrogens with zero attached hydrogens (tertiary/aromatic N) is 1. The van der Waals surface area contributed by atoms with Crippen LogP contribution in [0.2, 0.25) is 0 Å². The van der Waals surface area contributed by atoms with E-state index in [1.807, 2.05) is 43.3 Å². The molecule has 0 bridgehead atoms. The fourth-order valence-corrected chi connectivity index (χ4v) is 3.29. The van der Waals surface area contributed by atoms with Crippen molar-refractivity contribution in [3.05, 3.63) is 53.6 Å². The molecule has 1 aliphatic heterocycles. The summed E-state index contributed by atoms with van der Waals surface area (Å²) in [6.07, 6.45) is 0.795. The van der Waals surface area contributed by atoms with Gasteiger partial charge in [0.1, 0.15) is 11.9 Å². The Kier molecular flexibility index (Phi) is 6.96. The fourth-order valence-electron chi connectivity index (χ4n) is 3.29. The topological polar surface area (TPSA) is 40.2 Å². The van der Waals surface area contributed by atoms with Gasteiger partial charge >= 0.3 is 0 Å². The normalized spacial score (nSPS) is 16.0. The largest absolute Gasteiger partial charge is 0.497 e. The van der Waals surface area contributed by atoms with E-state index in [1.165, 1.54) is 0 Å². The van der Waals surface area contributed by atoms with Gasteiger partial charge in [0, 0.05) is 26.1 Å². The smallest absolute Gasteiger partial charge is 0.162 e. The molecular weight excluding hydrogens is 342 g/mol. The van der Waals surface area contributed by atoms with E-state index < -0.39 is 0 Å². The van der Waals surface area contributed by atoms with Crippen molar-refractivity contribution in [2.45, 2.75) is 19.4 Å². The second-order valence-electron chi connectivity index (χ2n) is 6.78. The van der Waals surface area contributed by atoms with Gasteiger partial charge in [0.25, 0.3) is 0 Å². The predicted molar refractivity (Wildman–Crippen MR) is 106 cm³/mol. The molecule has 0 N–H and O–H groups in total. The van der Waals surface area contributed by atoms with Gasteiger partial charge in [-0.3, -0.25) is 4.90 Å². The van der Waals surface area contributed by atoms with Crippen LogP contribution in [-0.2, 0) is 4.74 Å². The first-order valence-electron chi connectivity index (χ1n) is 9.45. The van der Waals surface area contributed by atoms with E-state index >= 15 is 0 Å². The molecule has 2 aromatic rings. The zero-order valence-electron chi connectivity index (χ0n) is 16.4. The minimum atomic E-state index is -0.0837. The first-order valence-corrected chi connectivity index (χ1v) is 9.45. The van der Waals surface area contributed by atoms with Gasteiger partial charge in [-0.2, -0.15) is 0 Å². The Hall–Kier alpha value is -2.24. The van der Waals surface area contributed by atoms with Crippen LogP contribution in [0.1, 0.15) is 23.7 Å². The molecule has 0 spiro atoms. The number of ether oxygens (including phenoxy) is 4. The molecule has 3 rings (SSSR count). The number of benzene rings is 2. The van der Waals surface area contributed by atoms with Crippen LogP contribution in [0.25, 0.3) is 0 Å². The highest BCUT2D eigenvalue weighted by molar-refractivity contribution is 5.43. The average Bonchev–Trinajstić information content (AvgIpc) is 2.72. The van der Waals surface area contributed by atoms with Crippen molar-refractivity contribution in [1.82, 2.24) is 4.90 Å². The maximum Gasteiger partial charge on any atom is 0.162 e. The molecule has 1 heterocycles. The quantitative estimate of drug-likeness (QED) is 0.705. The molecule has 0 saturated carbocycles. The Bertz CT molecular complexity index is 728. The van der Waals surface area contributed by atoms with Crippen LogP contribution >= 0.6 is 0 Å². The van der Waals surface area contributed by atoms with Crippen molar-refractivity contribution in [2.24, 2.45) is 0 Å². The molecule has 1 saturated heterocycles. The maximum absolute atomic E-state index is 6.43. The standard InChI is InChI=1S/C22H29NO4/c1-17-7-8-21(22(15-17)25-3)27-20(9-10-23-11-13-26-14-12-23)18-5-4-6-19(16-18)24-2/h4-8,15-16,20H,9-14H2,1-3H3. The fraction of sp³-hybridized carbons (Fsp3) is 0.455. The summed E-state index contributed by atoms with van der Waals surface area (Å²) < 4.78 is 22.8. The summed E-state index contributed by atoms with van der Waals surface area (Å²) in [7, 11) is 3.36. The van der Waals surface area contributed by atoms with Gasteiger partial charge in [-0.15, -0.1) is 0 Å². The molecule has 146 valence electrons. The molecule has 27 heavy (non-hydrogen) atoms. The van der Waals surface area contributed by atoms with Gasteiger partial charge in [-0.1, -0.05) is 18.2 Å². The van der Waals surface area contributed by atoms with Crippen molar-refractivity contribution in [1.29, 1.82) is 0 Å². The van der Waals surface area contributed by atoms with Gasteiger partial charge < -0.3 is 18.9 Å². The maximum atomic E-state index is 6.43. The average molecular weight is 371 g/mol. The molecule has 2 aromatic carbocycles. The number of aryl methyl sites for hydroxylation is 1. The number of rotatable bonds is 8. The van der Waals surface area contributed by atoms with E-state index in [1.54, 1.807) is 14.2 Å². The molecular formula is C22H29NO4. The molecule has 1 aliphatic rings. The third kappa shape index (κ3) is 5.37. The lowest BCUT2D eigenvalue weighted by Gasteiger charge is -2.29. The monoisotopic (exact) mass is 371 g/mol. The van der Waals surface area contributed by atoms with E-state index in [-0.39, 0.29) is 6.10 Å². The molecule has 0 radical (unpaired) electrons. The van der Waals surface area contributed by atoms with Crippen molar-refractivity contribution in [3.8, 4) is 17.2 Å². The van der Waals surface area contributed by atoms with Crippen LogP contribution in [0.3, 0.4) is 0 Å². The lowest BCUT2D eigenvalue weighted by molar-refractivity contribution is 0.0316. The summed E-state index contributed by atoms with van der Waals surface area (Å²) in [5.74, 6) is 2.36. The summed E-state index contributed by atoms with van der Waals surface area (Å²) in [5, 5.41) is 0. The van der Waals surface area contributed by atoms with Gasteiger partial charge in [0.15, 0.2) is 11.5 Å². The molecule has 0 aliphatic carbocycles. The summed E-state index contributed by atoms with van der Waals surface area (Å²) in [6.45, 7) is 6.55. The van der Waals surface area contributed by atoms with E-state index in [4.69, 9.17) is 18.9 Å². The molecule has 0 aromatic heterocycles. The minimum absolute atomic E-state index is 0.0837. The molecule has 5 nitrogen and oxygen atoms in total. The number of morpholine rings is 1. The summed E-state index contributed by atoms with van der Waals surface area (Å²) in [4.78, 5) is 2.42. The zero-order chi connectivity index (χ0) is 19.1.